The Morgan fingerprint density at radius 3 is 2.38 bits per heavy atom. The van der Waals surface area contributed by atoms with Crippen molar-refractivity contribution >= 4 is 11.9 Å². The monoisotopic (exact) mass is 298 g/mol. The van der Waals surface area contributed by atoms with Gasteiger partial charge in [0, 0.05) is 32.1 Å². The second-order valence-corrected chi connectivity index (χ2v) is 5.67. The van der Waals surface area contributed by atoms with Gasteiger partial charge in [0.15, 0.2) is 5.96 Å². The third-order valence-electron chi connectivity index (χ3n) is 3.51. The maximum absolute atomic E-state index is 11.7. The van der Waals surface area contributed by atoms with Crippen molar-refractivity contribution in [3.63, 3.8) is 0 Å². The lowest BCUT2D eigenvalue weighted by molar-refractivity contribution is -0.121. The standard InChI is InChI=1S/C16H34N4O/c1-6-8-9-10-14(4)20-16(17-5)18-12-11-15(21)19-13(3)7-2/h13-14H,6-12H2,1-5H3,(H,19,21)(H2,17,18,20). The first-order valence-electron chi connectivity index (χ1n) is 8.29. The van der Waals surface area contributed by atoms with Gasteiger partial charge in [-0.3, -0.25) is 9.79 Å². The zero-order chi connectivity index (χ0) is 16.1. The Morgan fingerprint density at radius 1 is 1.10 bits per heavy atom. The lowest BCUT2D eigenvalue weighted by Crippen LogP contribution is -2.43. The molecule has 0 rings (SSSR count). The molecule has 2 atom stereocenters. The second-order valence-electron chi connectivity index (χ2n) is 5.67. The van der Waals surface area contributed by atoms with Gasteiger partial charge < -0.3 is 16.0 Å². The lowest BCUT2D eigenvalue weighted by Gasteiger charge is -2.18. The molecule has 21 heavy (non-hydrogen) atoms. The van der Waals surface area contributed by atoms with E-state index in [4.69, 9.17) is 0 Å². The van der Waals surface area contributed by atoms with Crippen LogP contribution in [0.3, 0.4) is 0 Å². The number of carbonyl (C=O) groups is 1. The summed E-state index contributed by atoms with van der Waals surface area (Å²) in [7, 11) is 1.76. The molecule has 5 heteroatoms. The molecule has 0 aromatic heterocycles. The molecule has 0 aromatic carbocycles. The maximum Gasteiger partial charge on any atom is 0.221 e. The van der Waals surface area contributed by atoms with Crippen LogP contribution in [-0.4, -0.2) is 37.5 Å². The smallest absolute Gasteiger partial charge is 0.221 e. The summed E-state index contributed by atoms with van der Waals surface area (Å²) in [6.07, 6.45) is 6.31. The molecule has 124 valence electrons. The molecule has 0 saturated carbocycles. The first-order chi connectivity index (χ1) is 10.0. The average molecular weight is 298 g/mol. The number of nitrogens with one attached hydrogen (secondary N) is 3. The predicted molar refractivity (Wildman–Crippen MR) is 90.6 cm³/mol. The highest BCUT2D eigenvalue weighted by atomic mass is 16.1. The number of amides is 1. The van der Waals surface area contributed by atoms with E-state index in [1.165, 1.54) is 19.3 Å². The zero-order valence-corrected chi connectivity index (χ0v) is 14.5. The van der Waals surface area contributed by atoms with Gasteiger partial charge in [-0.15, -0.1) is 0 Å². The van der Waals surface area contributed by atoms with Crippen molar-refractivity contribution in [3.8, 4) is 0 Å². The molecule has 0 saturated heterocycles. The van der Waals surface area contributed by atoms with Gasteiger partial charge in [-0.05, 0) is 26.7 Å². The van der Waals surface area contributed by atoms with Crippen LogP contribution < -0.4 is 16.0 Å². The van der Waals surface area contributed by atoms with Gasteiger partial charge in [-0.25, -0.2) is 0 Å². The molecule has 0 heterocycles. The molecular formula is C16H34N4O. The lowest BCUT2D eigenvalue weighted by atomic mass is 10.1. The Hall–Kier alpha value is -1.26. The topological polar surface area (TPSA) is 65.5 Å². The molecule has 3 N–H and O–H groups in total. The van der Waals surface area contributed by atoms with Crippen LogP contribution in [0.25, 0.3) is 0 Å². The first-order valence-corrected chi connectivity index (χ1v) is 8.29. The summed E-state index contributed by atoms with van der Waals surface area (Å²) in [5.41, 5.74) is 0. The molecule has 0 radical (unpaired) electrons. The summed E-state index contributed by atoms with van der Waals surface area (Å²) >= 11 is 0. The Bertz CT molecular complexity index is 305. The summed E-state index contributed by atoms with van der Waals surface area (Å²) in [5.74, 6) is 0.860. The number of unbranched alkanes of at least 4 members (excludes halogenated alkanes) is 2. The summed E-state index contributed by atoms with van der Waals surface area (Å²) in [6, 6.07) is 0.644. The highest BCUT2D eigenvalue weighted by molar-refractivity contribution is 5.81. The fourth-order valence-electron chi connectivity index (χ4n) is 1.94. The summed E-state index contributed by atoms with van der Waals surface area (Å²) in [6.45, 7) is 9.06. The van der Waals surface area contributed by atoms with Crippen LogP contribution in [0.2, 0.25) is 0 Å². The van der Waals surface area contributed by atoms with E-state index in [9.17, 15) is 4.79 Å². The third kappa shape index (κ3) is 11.1. The quantitative estimate of drug-likeness (QED) is 0.330. The number of aliphatic imine (C=N–C) groups is 1. The molecular weight excluding hydrogens is 264 g/mol. The van der Waals surface area contributed by atoms with Crippen molar-refractivity contribution in [1.82, 2.24) is 16.0 Å². The van der Waals surface area contributed by atoms with E-state index in [-0.39, 0.29) is 11.9 Å². The van der Waals surface area contributed by atoms with Crippen LogP contribution in [0, 0.1) is 0 Å². The SMILES string of the molecule is CCCCCC(C)NC(=NC)NCCC(=O)NC(C)CC. The zero-order valence-electron chi connectivity index (χ0n) is 14.5. The Kier molecular flexibility index (Phi) is 11.7. The molecule has 5 nitrogen and oxygen atoms in total. The molecule has 0 aliphatic rings. The van der Waals surface area contributed by atoms with Crippen LogP contribution in [-0.2, 0) is 4.79 Å². The largest absolute Gasteiger partial charge is 0.356 e. The number of guanidine groups is 1. The van der Waals surface area contributed by atoms with Crippen LogP contribution in [0.1, 0.15) is 66.2 Å². The molecule has 0 fully saturated rings. The minimum Gasteiger partial charge on any atom is -0.356 e. The second kappa shape index (κ2) is 12.5. The fraction of sp³-hybridized carbons (Fsp3) is 0.875. The van der Waals surface area contributed by atoms with Crippen LogP contribution >= 0.6 is 0 Å². The van der Waals surface area contributed by atoms with Crippen molar-refractivity contribution in [2.45, 2.75) is 78.3 Å². The maximum atomic E-state index is 11.7. The van der Waals surface area contributed by atoms with E-state index >= 15 is 0 Å². The van der Waals surface area contributed by atoms with E-state index in [0.717, 1.165) is 18.8 Å². The Balaban J connectivity index is 3.87. The van der Waals surface area contributed by atoms with Gasteiger partial charge in [-0.1, -0.05) is 33.1 Å². The molecule has 2 unspecified atom stereocenters. The molecule has 0 aromatic rings. The summed E-state index contributed by atoms with van der Waals surface area (Å²) < 4.78 is 0. The predicted octanol–water partition coefficient (Wildman–Crippen LogP) is 2.43. The molecule has 0 aliphatic heterocycles. The van der Waals surface area contributed by atoms with Crippen LogP contribution in [0.5, 0.6) is 0 Å². The van der Waals surface area contributed by atoms with E-state index in [1.54, 1.807) is 7.05 Å². The van der Waals surface area contributed by atoms with Crippen molar-refractivity contribution in [3.05, 3.63) is 0 Å². The third-order valence-corrected chi connectivity index (χ3v) is 3.51. The van der Waals surface area contributed by atoms with Crippen molar-refractivity contribution in [2.24, 2.45) is 4.99 Å². The van der Waals surface area contributed by atoms with E-state index in [2.05, 4.69) is 41.7 Å². The van der Waals surface area contributed by atoms with Crippen molar-refractivity contribution in [2.75, 3.05) is 13.6 Å². The number of carbonyl (C=O) groups excluding carboxylic acids is 1. The Morgan fingerprint density at radius 2 is 1.81 bits per heavy atom. The molecule has 0 spiro atoms. The minimum atomic E-state index is 0.0864. The van der Waals surface area contributed by atoms with Gasteiger partial charge in [-0.2, -0.15) is 0 Å². The molecule has 0 bridgehead atoms. The fourth-order valence-corrected chi connectivity index (χ4v) is 1.94. The van der Waals surface area contributed by atoms with Gasteiger partial charge in [0.1, 0.15) is 0 Å². The number of hydrogen-bond donors (Lipinski definition) is 3. The Labute approximate surface area is 130 Å². The van der Waals surface area contributed by atoms with Gasteiger partial charge in [0.2, 0.25) is 5.91 Å². The average Bonchev–Trinajstić information content (AvgIpc) is 2.46. The van der Waals surface area contributed by atoms with E-state index < -0.39 is 0 Å². The first kappa shape index (κ1) is 19.7. The number of rotatable bonds is 10. The van der Waals surface area contributed by atoms with Gasteiger partial charge >= 0.3 is 0 Å². The molecule has 0 aliphatic carbocycles. The normalized spacial score (nSPS) is 14.4. The minimum absolute atomic E-state index is 0.0864. The number of nitrogens with zero attached hydrogens (tertiary/aromatic N) is 1. The van der Waals surface area contributed by atoms with E-state index in [0.29, 0.717) is 19.0 Å². The van der Waals surface area contributed by atoms with Crippen molar-refractivity contribution < 1.29 is 4.79 Å². The van der Waals surface area contributed by atoms with Crippen LogP contribution in [0.4, 0.5) is 0 Å². The number of hydrogen-bond acceptors (Lipinski definition) is 2. The summed E-state index contributed by atoms with van der Waals surface area (Å²) in [4.78, 5) is 15.9. The highest BCUT2D eigenvalue weighted by Gasteiger charge is 2.07. The van der Waals surface area contributed by atoms with Crippen LogP contribution in [0.15, 0.2) is 4.99 Å². The molecule has 1 amide bonds. The summed E-state index contributed by atoms with van der Waals surface area (Å²) in [5, 5.41) is 9.51. The highest BCUT2D eigenvalue weighted by Crippen LogP contribution is 2.02. The van der Waals surface area contributed by atoms with Gasteiger partial charge in [0.05, 0.1) is 0 Å². The van der Waals surface area contributed by atoms with E-state index in [1.807, 2.05) is 6.92 Å². The van der Waals surface area contributed by atoms with Crippen molar-refractivity contribution in [1.29, 1.82) is 0 Å². The van der Waals surface area contributed by atoms with Gasteiger partial charge in [0.25, 0.3) is 0 Å².